The minimum atomic E-state index is 0.174. The summed E-state index contributed by atoms with van der Waals surface area (Å²) in [6.45, 7) is 0. The third-order valence-corrected chi connectivity index (χ3v) is 6.31. The molecule has 0 amide bonds. The van der Waals surface area contributed by atoms with Gasteiger partial charge in [0.25, 0.3) is 0 Å². The van der Waals surface area contributed by atoms with Crippen LogP contribution in [0.2, 0.25) is 0 Å². The zero-order valence-corrected chi connectivity index (χ0v) is 25.9. The molecule has 0 spiro atoms. The van der Waals surface area contributed by atoms with E-state index in [-0.39, 0.29) is 11.5 Å². The molecule has 0 radical (unpaired) electrons. The predicted octanol–water partition coefficient (Wildman–Crippen LogP) is 7.51. The fourth-order valence-electron chi connectivity index (χ4n) is 4.05. The van der Waals surface area contributed by atoms with E-state index >= 15 is 0 Å². The summed E-state index contributed by atoms with van der Waals surface area (Å²) < 4.78 is 16.6. The van der Waals surface area contributed by atoms with Gasteiger partial charge in [0.1, 0.15) is 28.7 Å². The van der Waals surface area contributed by atoms with Crippen LogP contribution in [0, 0.1) is 0 Å². The Balaban J connectivity index is 0.000000185. The quantitative estimate of drug-likeness (QED) is 0.119. The van der Waals surface area contributed by atoms with Gasteiger partial charge in [0, 0.05) is 55.4 Å². The van der Waals surface area contributed by atoms with Gasteiger partial charge in [0.15, 0.2) is 11.5 Å². The van der Waals surface area contributed by atoms with Crippen LogP contribution in [0.5, 0.6) is 40.2 Å². The van der Waals surface area contributed by atoms with Crippen LogP contribution in [-0.4, -0.2) is 51.4 Å². The second kappa shape index (κ2) is 15.4. The molecular formula is C35H33N7O5. The number of rotatable bonds is 10. The standard InChI is InChI=1S/C18H18N4O2.C17H15N3O3/c1-22(2)14-6-4-8-16(10-14)24-17-11-19-18(20-12-17)21-13-5-3-7-15(23)9-13;1-22-14-6-3-7-15(9-14)23-16-10-18-17(19-11-16)20-12-4-2-5-13(21)8-12/h3-12,23H,1-2H3,(H,19,20,21);2-11,21H,1H3,(H,18,19,20). The summed E-state index contributed by atoms with van der Waals surface area (Å²) in [5.74, 6) is 4.33. The lowest BCUT2D eigenvalue weighted by Crippen LogP contribution is -2.08. The molecule has 0 atom stereocenters. The van der Waals surface area contributed by atoms with E-state index in [0.29, 0.717) is 46.3 Å². The zero-order valence-electron chi connectivity index (χ0n) is 25.9. The van der Waals surface area contributed by atoms with Gasteiger partial charge >= 0.3 is 0 Å². The topological polar surface area (TPSA) is 147 Å². The van der Waals surface area contributed by atoms with Crippen LogP contribution < -0.4 is 29.7 Å². The Morgan fingerprint density at radius 1 is 0.532 bits per heavy atom. The number of hydrogen-bond acceptors (Lipinski definition) is 12. The molecule has 47 heavy (non-hydrogen) atoms. The van der Waals surface area contributed by atoms with Gasteiger partial charge in [-0.15, -0.1) is 0 Å². The molecule has 0 saturated heterocycles. The lowest BCUT2D eigenvalue weighted by atomic mass is 10.3. The lowest BCUT2D eigenvalue weighted by molar-refractivity contribution is 0.408. The number of phenolic OH excluding ortho intramolecular Hbond substituents is 2. The van der Waals surface area contributed by atoms with Crippen molar-refractivity contribution >= 4 is 29.0 Å². The molecule has 12 heteroatoms. The second-order valence-corrected chi connectivity index (χ2v) is 10.1. The predicted molar refractivity (Wildman–Crippen MR) is 181 cm³/mol. The molecule has 6 aromatic rings. The number of aromatic nitrogens is 4. The van der Waals surface area contributed by atoms with Crippen molar-refractivity contribution in [1.82, 2.24) is 19.9 Å². The average molecular weight is 632 g/mol. The van der Waals surface area contributed by atoms with Crippen molar-refractivity contribution in [3.8, 4) is 40.2 Å². The summed E-state index contributed by atoms with van der Waals surface area (Å²) in [5, 5.41) is 24.9. The normalized spacial score (nSPS) is 10.2. The molecule has 0 aliphatic carbocycles. The van der Waals surface area contributed by atoms with E-state index < -0.39 is 0 Å². The molecule has 0 aliphatic rings. The first-order valence-corrected chi connectivity index (χ1v) is 14.4. The largest absolute Gasteiger partial charge is 0.508 e. The van der Waals surface area contributed by atoms with Crippen LogP contribution in [0.3, 0.4) is 0 Å². The second-order valence-electron chi connectivity index (χ2n) is 10.1. The smallest absolute Gasteiger partial charge is 0.227 e. The fraction of sp³-hybridized carbons (Fsp3) is 0.0857. The van der Waals surface area contributed by atoms with Gasteiger partial charge in [-0.25, -0.2) is 19.9 Å². The lowest BCUT2D eigenvalue weighted by Gasteiger charge is -2.13. The van der Waals surface area contributed by atoms with Crippen molar-refractivity contribution < 1.29 is 24.4 Å². The van der Waals surface area contributed by atoms with Crippen LogP contribution in [0.25, 0.3) is 0 Å². The molecule has 12 nitrogen and oxygen atoms in total. The van der Waals surface area contributed by atoms with Gasteiger partial charge in [0.2, 0.25) is 11.9 Å². The van der Waals surface area contributed by atoms with Gasteiger partial charge in [-0.05, 0) is 48.5 Å². The molecule has 0 bridgehead atoms. The minimum Gasteiger partial charge on any atom is -0.508 e. The van der Waals surface area contributed by atoms with Crippen LogP contribution in [-0.2, 0) is 0 Å². The Hall–Kier alpha value is -6.56. The monoisotopic (exact) mass is 631 g/mol. The van der Waals surface area contributed by atoms with Gasteiger partial charge in [0.05, 0.1) is 31.9 Å². The summed E-state index contributed by atoms with van der Waals surface area (Å²) in [5.41, 5.74) is 2.46. The molecule has 4 N–H and O–H groups in total. The SMILES string of the molecule is CN(C)c1cccc(Oc2cnc(Nc3cccc(O)c3)nc2)c1.COc1cccc(Oc2cnc(Nc3cccc(O)c3)nc2)c1. The first-order chi connectivity index (χ1) is 22.8. The highest BCUT2D eigenvalue weighted by Gasteiger charge is 2.05. The minimum absolute atomic E-state index is 0.174. The maximum Gasteiger partial charge on any atom is 0.227 e. The van der Waals surface area contributed by atoms with E-state index in [0.717, 1.165) is 11.4 Å². The third-order valence-electron chi connectivity index (χ3n) is 6.31. The molecule has 0 unspecified atom stereocenters. The Labute approximate surface area is 271 Å². The van der Waals surface area contributed by atoms with Crippen molar-refractivity contribution in [2.75, 3.05) is 36.7 Å². The number of nitrogens with one attached hydrogen (secondary N) is 2. The van der Waals surface area contributed by atoms with E-state index in [1.54, 1.807) is 74.4 Å². The molecule has 2 heterocycles. The van der Waals surface area contributed by atoms with Gasteiger partial charge in [-0.2, -0.15) is 0 Å². The highest BCUT2D eigenvalue weighted by molar-refractivity contribution is 5.57. The van der Waals surface area contributed by atoms with E-state index in [1.807, 2.05) is 73.6 Å². The number of methoxy groups -OCH3 is 1. The van der Waals surface area contributed by atoms with Crippen LogP contribution in [0.1, 0.15) is 0 Å². The van der Waals surface area contributed by atoms with Crippen LogP contribution >= 0.6 is 0 Å². The van der Waals surface area contributed by atoms with Crippen molar-refractivity contribution in [3.63, 3.8) is 0 Å². The number of anilines is 5. The molecule has 4 aromatic carbocycles. The van der Waals surface area contributed by atoms with E-state index in [4.69, 9.17) is 14.2 Å². The van der Waals surface area contributed by atoms with E-state index in [9.17, 15) is 10.2 Å². The van der Waals surface area contributed by atoms with Gasteiger partial charge < -0.3 is 40.0 Å². The van der Waals surface area contributed by atoms with Gasteiger partial charge in [-0.3, -0.25) is 0 Å². The first-order valence-electron chi connectivity index (χ1n) is 14.4. The molecule has 0 fully saturated rings. The summed E-state index contributed by atoms with van der Waals surface area (Å²) >= 11 is 0. The van der Waals surface area contributed by atoms with Crippen molar-refractivity contribution in [3.05, 3.63) is 122 Å². The summed E-state index contributed by atoms with van der Waals surface area (Å²) in [6.07, 6.45) is 6.33. The third kappa shape index (κ3) is 9.71. The van der Waals surface area contributed by atoms with Gasteiger partial charge in [-0.1, -0.05) is 24.3 Å². The number of hydrogen-bond donors (Lipinski definition) is 4. The average Bonchev–Trinajstić information content (AvgIpc) is 3.07. The van der Waals surface area contributed by atoms with Crippen LogP contribution in [0.15, 0.2) is 122 Å². The van der Waals surface area contributed by atoms with Crippen molar-refractivity contribution in [2.45, 2.75) is 0 Å². The zero-order chi connectivity index (χ0) is 33.0. The molecule has 6 rings (SSSR count). The highest BCUT2D eigenvalue weighted by Crippen LogP contribution is 2.27. The molecule has 2 aromatic heterocycles. The Kier molecular flexibility index (Phi) is 10.5. The Morgan fingerprint density at radius 3 is 1.45 bits per heavy atom. The van der Waals surface area contributed by atoms with Crippen LogP contribution in [0.4, 0.5) is 29.0 Å². The summed E-state index contributed by atoms with van der Waals surface area (Å²) in [6, 6.07) is 28.5. The fourth-order valence-corrected chi connectivity index (χ4v) is 4.05. The number of benzene rings is 4. The summed E-state index contributed by atoms with van der Waals surface area (Å²) in [7, 11) is 5.55. The number of aromatic hydroxyl groups is 2. The maximum atomic E-state index is 9.46. The highest BCUT2D eigenvalue weighted by atomic mass is 16.5. The number of ether oxygens (including phenoxy) is 3. The van der Waals surface area contributed by atoms with E-state index in [2.05, 4.69) is 30.6 Å². The molecular weight excluding hydrogens is 598 g/mol. The Bertz CT molecular complexity index is 1890. The number of phenols is 2. The van der Waals surface area contributed by atoms with E-state index in [1.165, 1.54) is 0 Å². The maximum absolute atomic E-state index is 9.46. The summed E-state index contributed by atoms with van der Waals surface area (Å²) in [4.78, 5) is 18.8. The van der Waals surface area contributed by atoms with Crippen molar-refractivity contribution in [2.24, 2.45) is 0 Å². The molecule has 0 aliphatic heterocycles. The molecule has 0 saturated carbocycles. The number of nitrogens with zero attached hydrogens (tertiary/aromatic N) is 5. The Morgan fingerprint density at radius 2 is 0.979 bits per heavy atom. The molecule has 238 valence electrons. The van der Waals surface area contributed by atoms with Crippen molar-refractivity contribution in [1.29, 1.82) is 0 Å². The first kappa shape index (κ1) is 31.9.